The minimum atomic E-state index is -1.52. The van der Waals surface area contributed by atoms with Gasteiger partial charge in [0.25, 0.3) is 0 Å². The van der Waals surface area contributed by atoms with Gasteiger partial charge in [0.2, 0.25) is 0 Å². The van der Waals surface area contributed by atoms with Crippen molar-refractivity contribution in [2.45, 2.75) is 74.3 Å². The van der Waals surface area contributed by atoms with Gasteiger partial charge in [-0.1, -0.05) is 6.92 Å². The lowest BCUT2D eigenvalue weighted by Crippen LogP contribution is -2.82. The lowest BCUT2D eigenvalue weighted by atomic mass is 9.42. The van der Waals surface area contributed by atoms with Crippen molar-refractivity contribution in [2.75, 3.05) is 48.1 Å². The van der Waals surface area contributed by atoms with E-state index in [1.165, 1.54) is 0 Å². The number of likely N-dealkylation sites (tertiary alicyclic amines) is 1. The van der Waals surface area contributed by atoms with Crippen LogP contribution in [-0.4, -0.2) is 110 Å². The van der Waals surface area contributed by atoms with Crippen LogP contribution in [0.3, 0.4) is 0 Å². The van der Waals surface area contributed by atoms with Gasteiger partial charge in [-0.05, 0) is 31.7 Å². The molecule has 5 aliphatic carbocycles. The van der Waals surface area contributed by atoms with E-state index < -0.39 is 28.1 Å². The van der Waals surface area contributed by atoms with Crippen LogP contribution in [0, 0.1) is 34.5 Å². The Morgan fingerprint density at radius 3 is 2.36 bits per heavy atom. The van der Waals surface area contributed by atoms with Crippen molar-refractivity contribution < 1.29 is 34.3 Å². The molecule has 0 unspecified atom stereocenters. The van der Waals surface area contributed by atoms with Gasteiger partial charge in [0, 0.05) is 70.0 Å². The van der Waals surface area contributed by atoms with Gasteiger partial charge in [-0.3, -0.25) is 4.90 Å². The molecule has 33 heavy (non-hydrogen) atoms. The van der Waals surface area contributed by atoms with Gasteiger partial charge >= 0.3 is 0 Å². The average molecular weight is 468 g/mol. The van der Waals surface area contributed by atoms with E-state index in [0.717, 1.165) is 25.8 Å². The third-order valence-electron chi connectivity index (χ3n) is 11.6. The summed E-state index contributed by atoms with van der Waals surface area (Å²) in [7, 11) is 6.85. The Kier molecular flexibility index (Phi) is 4.99. The maximum atomic E-state index is 13.0. The van der Waals surface area contributed by atoms with Crippen LogP contribution >= 0.6 is 0 Å². The zero-order valence-corrected chi connectivity index (χ0v) is 20.6. The van der Waals surface area contributed by atoms with Crippen LogP contribution in [0.15, 0.2) is 0 Å². The topological polar surface area (TPSA) is 101 Å². The first-order valence-corrected chi connectivity index (χ1v) is 12.7. The molecule has 6 fully saturated rings. The summed E-state index contributed by atoms with van der Waals surface area (Å²) in [5.41, 5.74) is -3.78. The third kappa shape index (κ3) is 2.16. The van der Waals surface area contributed by atoms with E-state index in [9.17, 15) is 15.3 Å². The normalized spacial score (nSPS) is 60.9. The summed E-state index contributed by atoms with van der Waals surface area (Å²) in [5.74, 6) is -0.0916. The van der Waals surface area contributed by atoms with E-state index >= 15 is 0 Å². The maximum Gasteiger partial charge on any atom is 0.136 e. The Morgan fingerprint density at radius 2 is 1.79 bits per heavy atom. The first-order valence-electron chi connectivity index (χ1n) is 12.7. The molecule has 7 bridgehead atoms. The van der Waals surface area contributed by atoms with Crippen molar-refractivity contribution in [3.8, 4) is 0 Å². The predicted octanol–water partition coefficient (Wildman–Crippen LogP) is 0.271. The average Bonchev–Trinajstić information content (AvgIpc) is 3.24. The highest BCUT2D eigenvalue weighted by Crippen LogP contribution is 2.80. The van der Waals surface area contributed by atoms with Crippen molar-refractivity contribution >= 4 is 0 Å². The Labute approximate surface area is 196 Å². The van der Waals surface area contributed by atoms with Crippen LogP contribution < -0.4 is 0 Å². The standard InChI is InChI=1S/C25H41NO7/c1-6-26-11-22(12-27)8-7-16(31-3)24-14-9-13-15(30-2)10-23(28,17(14)18(13)32-4)25(29,21(24)26)20(33-5)19(22)24/h13-21,27-29H,6-12H2,1-5H3/t13-,14-,15+,16+,17-,18+,19+,20+,21+,22+,23-,24+,25+/m1/s1. The summed E-state index contributed by atoms with van der Waals surface area (Å²) in [6.45, 7) is 3.59. The Hall–Kier alpha value is -0.320. The van der Waals surface area contributed by atoms with E-state index in [-0.39, 0.29) is 54.6 Å². The van der Waals surface area contributed by atoms with Gasteiger partial charge < -0.3 is 34.3 Å². The number of rotatable bonds is 6. The molecule has 1 heterocycles. The van der Waals surface area contributed by atoms with E-state index in [0.29, 0.717) is 13.0 Å². The molecule has 0 aromatic heterocycles. The molecule has 8 nitrogen and oxygen atoms in total. The molecule has 8 heteroatoms. The summed E-state index contributed by atoms with van der Waals surface area (Å²) in [5, 5.41) is 36.6. The van der Waals surface area contributed by atoms with Crippen LogP contribution in [-0.2, 0) is 18.9 Å². The smallest absolute Gasteiger partial charge is 0.136 e. The van der Waals surface area contributed by atoms with Crippen LogP contribution in [0.4, 0.5) is 0 Å². The highest BCUT2D eigenvalue weighted by molar-refractivity contribution is 5.41. The molecular weight excluding hydrogens is 426 g/mol. The summed E-state index contributed by atoms with van der Waals surface area (Å²) in [4.78, 5) is 2.33. The summed E-state index contributed by atoms with van der Waals surface area (Å²) in [6, 6.07) is -0.312. The number of hydrogen-bond acceptors (Lipinski definition) is 8. The van der Waals surface area contributed by atoms with Crippen LogP contribution in [0.5, 0.6) is 0 Å². The van der Waals surface area contributed by atoms with E-state index in [1.807, 2.05) is 0 Å². The number of likely N-dealkylation sites (N-methyl/N-ethyl adjacent to an activating group) is 1. The first kappa shape index (κ1) is 23.1. The monoisotopic (exact) mass is 467 g/mol. The Bertz CT molecular complexity index is 814. The molecule has 0 radical (unpaired) electrons. The number of hydrogen-bond donors (Lipinski definition) is 3. The third-order valence-corrected chi connectivity index (χ3v) is 11.6. The van der Waals surface area contributed by atoms with Gasteiger partial charge in [0.05, 0.1) is 37.1 Å². The highest BCUT2D eigenvalue weighted by atomic mass is 16.5. The predicted molar refractivity (Wildman–Crippen MR) is 119 cm³/mol. The zero-order chi connectivity index (χ0) is 23.6. The van der Waals surface area contributed by atoms with Crippen LogP contribution in [0.25, 0.3) is 0 Å². The minimum Gasteiger partial charge on any atom is -0.396 e. The molecule has 1 saturated heterocycles. The first-order chi connectivity index (χ1) is 15.8. The molecule has 1 spiro atoms. The number of methoxy groups -OCH3 is 4. The second-order valence-electron chi connectivity index (χ2n) is 11.8. The number of piperidine rings is 1. The molecule has 13 atom stereocenters. The molecule has 0 aromatic rings. The molecule has 6 rings (SSSR count). The molecule has 5 saturated carbocycles. The van der Waals surface area contributed by atoms with Crippen molar-refractivity contribution in [2.24, 2.45) is 34.5 Å². The van der Waals surface area contributed by atoms with Gasteiger partial charge in [-0.2, -0.15) is 0 Å². The molecule has 0 aromatic carbocycles. The molecular formula is C25H41NO7. The molecule has 1 aliphatic heterocycles. The fraction of sp³-hybridized carbons (Fsp3) is 1.00. The summed E-state index contributed by atoms with van der Waals surface area (Å²) < 4.78 is 24.5. The Morgan fingerprint density at radius 1 is 1.03 bits per heavy atom. The number of fused-ring (bicyclic) bond motifs is 2. The van der Waals surface area contributed by atoms with E-state index in [1.54, 1.807) is 28.4 Å². The largest absolute Gasteiger partial charge is 0.396 e. The lowest BCUT2D eigenvalue weighted by molar-refractivity contribution is -0.320. The zero-order valence-electron chi connectivity index (χ0n) is 20.6. The Balaban J connectivity index is 1.68. The quantitative estimate of drug-likeness (QED) is 0.512. The van der Waals surface area contributed by atoms with E-state index in [4.69, 9.17) is 18.9 Å². The second-order valence-corrected chi connectivity index (χ2v) is 11.8. The lowest BCUT2D eigenvalue weighted by Gasteiger charge is -2.70. The van der Waals surface area contributed by atoms with Crippen LogP contribution in [0.1, 0.15) is 32.6 Å². The van der Waals surface area contributed by atoms with Gasteiger partial charge in [-0.15, -0.1) is 0 Å². The number of aliphatic hydroxyl groups excluding tert-OH is 1. The number of nitrogens with zero attached hydrogens (tertiary/aromatic N) is 1. The number of aliphatic hydroxyl groups is 3. The second kappa shape index (κ2) is 7.13. The molecule has 6 aliphatic rings. The summed E-state index contributed by atoms with van der Waals surface area (Å²) >= 11 is 0. The van der Waals surface area contributed by atoms with Crippen molar-refractivity contribution in [3.63, 3.8) is 0 Å². The fourth-order valence-corrected chi connectivity index (χ4v) is 11.0. The van der Waals surface area contributed by atoms with Crippen molar-refractivity contribution in [3.05, 3.63) is 0 Å². The van der Waals surface area contributed by atoms with Gasteiger partial charge in [-0.25, -0.2) is 0 Å². The molecule has 0 amide bonds. The minimum absolute atomic E-state index is 0.0443. The SMILES string of the molecule is CCN1C[C@]2(CO)CC[C@H](OC)[C@@]34[C@@H]5C[C@H]6[C@H](OC)[C@@H]5[C@](O)(C[C@@H]6OC)[C@](O)([C@@H](OC)[C@@H]23)[C@@H]14. The van der Waals surface area contributed by atoms with Crippen molar-refractivity contribution in [1.29, 1.82) is 0 Å². The van der Waals surface area contributed by atoms with Crippen LogP contribution in [0.2, 0.25) is 0 Å². The molecule has 188 valence electrons. The maximum absolute atomic E-state index is 13.0. The highest BCUT2D eigenvalue weighted by Gasteiger charge is 2.91. The fourth-order valence-electron chi connectivity index (χ4n) is 11.0. The van der Waals surface area contributed by atoms with Gasteiger partial charge in [0.15, 0.2) is 0 Å². The van der Waals surface area contributed by atoms with E-state index in [2.05, 4.69) is 11.8 Å². The number of ether oxygens (including phenoxy) is 4. The van der Waals surface area contributed by atoms with Crippen molar-refractivity contribution in [1.82, 2.24) is 4.90 Å². The summed E-state index contributed by atoms with van der Waals surface area (Å²) in [6.07, 6.45) is 1.81. The molecule has 3 N–H and O–H groups in total. The van der Waals surface area contributed by atoms with Gasteiger partial charge in [0.1, 0.15) is 11.2 Å².